The molecule has 0 aromatic heterocycles. The van der Waals surface area contributed by atoms with Crippen molar-refractivity contribution in [2.75, 3.05) is 7.05 Å². The summed E-state index contributed by atoms with van der Waals surface area (Å²) in [5.74, 6) is 0.918. The summed E-state index contributed by atoms with van der Waals surface area (Å²) in [6, 6.07) is 6.56. The van der Waals surface area contributed by atoms with E-state index in [1.165, 1.54) is 12.1 Å². The highest BCUT2D eigenvalue weighted by molar-refractivity contribution is 5.83. The van der Waals surface area contributed by atoms with Gasteiger partial charge in [-0.05, 0) is 30.5 Å². The molecule has 0 saturated heterocycles. The van der Waals surface area contributed by atoms with E-state index in [0.29, 0.717) is 18.3 Å². The van der Waals surface area contributed by atoms with Crippen molar-refractivity contribution in [1.82, 2.24) is 4.90 Å². The van der Waals surface area contributed by atoms with Gasteiger partial charge in [0.05, 0.1) is 5.84 Å². The molecule has 0 spiro atoms. The van der Waals surface area contributed by atoms with Crippen LogP contribution in [0.2, 0.25) is 0 Å². The van der Waals surface area contributed by atoms with Gasteiger partial charge in [-0.15, -0.1) is 0 Å². The first-order valence-electron chi connectivity index (χ1n) is 5.21. The maximum absolute atomic E-state index is 12.9. The van der Waals surface area contributed by atoms with E-state index in [0.717, 1.165) is 18.4 Å². The Kier molecular flexibility index (Phi) is 2.71. The fourth-order valence-electron chi connectivity index (χ4n) is 1.66. The van der Waals surface area contributed by atoms with Crippen molar-refractivity contribution >= 4 is 5.84 Å². The number of halogens is 1. The maximum Gasteiger partial charge on any atom is 0.123 e. The fraction of sp³-hybridized carbons (Fsp3) is 0.417. The Balaban J connectivity index is 1.98. The van der Waals surface area contributed by atoms with Crippen molar-refractivity contribution in [2.45, 2.75) is 19.4 Å². The van der Waals surface area contributed by atoms with Crippen molar-refractivity contribution < 1.29 is 4.39 Å². The zero-order valence-corrected chi connectivity index (χ0v) is 8.83. The minimum Gasteiger partial charge on any atom is -0.359 e. The number of benzene rings is 1. The second-order valence-corrected chi connectivity index (χ2v) is 4.15. The third kappa shape index (κ3) is 2.55. The molecule has 0 unspecified atom stereocenters. The van der Waals surface area contributed by atoms with Gasteiger partial charge in [-0.25, -0.2) is 4.39 Å². The predicted molar refractivity (Wildman–Crippen MR) is 58.3 cm³/mol. The lowest BCUT2D eigenvalue weighted by molar-refractivity contribution is 0.479. The van der Waals surface area contributed by atoms with Crippen LogP contribution in [0.1, 0.15) is 18.4 Å². The molecule has 1 saturated carbocycles. The smallest absolute Gasteiger partial charge is 0.123 e. The molecule has 15 heavy (non-hydrogen) atoms. The van der Waals surface area contributed by atoms with Gasteiger partial charge in [0.15, 0.2) is 0 Å². The lowest BCUT2D eigenvalue weighted by Crippen LogP contribution is -2.26. The molecular formula is C12H15FN2. The van der Waals surface area contributed by atoms with Gasteiger partial charge in [0.25, 0.3) is 0 Å². The summed E-state index contributed by atoms with van der Waals surface area (Å²) in [6.45, 7) is 0.618. The molecule has 1 aliphatic carbocycles. The van der Waals surface area contributed by atoms with E-state index in [-0.39, 0.29) is 5.82 Å². The van der Waals surface area contributed by atoms with E-state index in [1.54, 1.807) is 6.07 Å². The van der Waals surface area contributed by atoms with E-state index >= 15 is 0 Å². The second-order valence-electron chi connectivity index (χ2n) is 4.15. The van der Waals surface area contributed by atoms with Crippen LogP contribution in [0.15, 0.2) is 24.3 Å². The number of hydrogen-bond acceptors (Lipinski definition) is 1. The molecule has 0 amide bonds. The van der Waals surface area contributed by atoms with Gasteiger partial charge in [-0.1, -0.05) is 12.1 Å². The van der Waals surface area contributed by atoms with Crippen molar-refractivity contribution in [3.05, 3.63) is 35.6 Å². The van der Waals surface area contributed by atoms with Gasteiger partial charge in [0.2, 0.25) is 0 Å². The first kappa shape index (κ1) is 10.1. The van der Waals surface area contributed by atoms with E-state index in [9.17, 15) is 4.39 Å². The quantitative estimate of drug-likeness (QED) is 0.597. The molecule has 0 radical (unpaired) electrons. The van der Waals surface area contributed by atoms with E-state index in [2.05, 4.69) is 0 Å². The third-order valence-corrected chi connectivity index (χ3v) is 2.68. The summed E-state index contributed by atoms with van der Waals surface area (Å²) in [5, 5.41) is 7.85. The summed E-state index contributed by atoms with van der Waals surface area (Å²) >= 11 is 0. The normalized spacial score (nSPS) is 15.1. The van der Waals surface area contributed by atoms with E-state index in [4.69, 9.17) is 5.41 Å². The molecular weight excluding hydrogens is 191 g/mol. The van der Waals surface area contributed by atoms with Gasteiger partial charge >= 0.3 is 0 Å². The van der Waals surface area contributed by atoms with Crippen LogP contribution in [0.25, 0.3) is 0 Å². The summed E-state index contributed by atoms with van der Waals surface area (Å²) < 4.78 is 12.9. The third-order valence-electron chi connectivity index (χ3n) is 2.68. The van der Waals surface area contributed by atoms with Crippen LogP contribution in [0.4, 0.5) is 4.39 Å². The average Bonchev–Trinajstić information content (AvgIpc) is 2.99. The number of nitrogens with zero attached hydrogens (tertiary/aromatic N) is 1. The Morgan fingerprint density at radius 3 is 2.87 bits per heavy atom. The number of rotatable bonds is 3. The van der Waals surface area contributed by atoms with Crippen LogP contribution in [0, 0.1) is 17.1 Å². The molecule has 1 aromatic rings. The summed E-state index contributed by atoms with van der Waals surface area (Å²) in [7, 11) is 1.89. The molecule has 80 valence electrons. The number of hydrogen-bond donors (Lipinski definition) is 1. The highest BCUT2D eigenvalue weighted by Gasteiger charge is 2.28. The largest absolute Gasteiger partial charge is 0.359 e. The van der Waals surface area contributed by atoms with Gasteiger partial charge in [-0.2, -0.15) is 0 Å². The minimum absolute atomic E-state index is 0.209. The molecule has 0 bridgehead atoms. The van der Waals surface area contributed by atoms with Crippen molar-refractivity contribution in [2.24, 2.45) is 5.92 Å². The Morgan fingerprint density at radius 2 is 2.27 bits per heavy atom. The van der Waals surface area contributed by atoms with Crippen molar-refractivity contribution in [1.29, 1.82) is 5.41 Å². The molecule has 0 atom stereocenters. The predicted octanol–water partition coefficient (Wildman–Crippen LogP) is 2.64. The summed E-state index contributed by atoms with van der Waals surface area (Å²) in [6.07, 6.45) is 2.26. The van der Waals surface area contributed by atoms with Crippen LogP contribution >= 0.6 is 0 Å². The minimum atomic E-state index is -0.209. The topological polar surface area (TPSA) is 27.1 Å². The first-order chi connectivity index (χ1) is 7.16. The van der Waals surface area contributed by atoms with Crippen LogP contribution in [0.5, 0.6) is 0 Å². The molecule has 2 nitrogen and oxygen atoms in total. The van der Waals surface area contributed by atoms with Crippen LogP contribution in [0.3, 0.4) is 0 Å². The molecule has 0 heterocycles. The maximum atomic E-state index is 12.9. The first-order valence-corrected chi connectivity index (χ1v) is 5.21. The summed E-state index contributed by atoms with van der Waals surface area (Å²) in [4.78, 5) is 1.90. The van der Waals surface area contributed by atoms with Gasteiger partial charge < -0.3 is 4.90 Å². The highest BCUT2D eigenvalue weighted by Crippen LogP contribution is 2.31. The lowest BCUT2D eigenvalue weighted by atomic mass is 10.2. The van der Waals surface area contributed by atoms with Crippen molar-refractivity contribution in [3.8, 4) is 0 Å². The number of nitrogens with one attached hydrogen (secondary N) is 1. The fourth-order valence-corrected chi connectivity index (χ4v) is 1.66. The average molecular weight is 206 g/mol. The Hall–Kier alpha value is -1.38. The lowest BCUT2D eigenvalue weighted by Gasteiger charge is -2.19. The Bertz CT molecular complexity index is 372. The molecule has 1 N–H and O–H groups in total. The zero-order chi connectivity index (χ0) is 10.8. The Labute approximate surface area is 89.2 Å². The molecule has 3 heteroatoms. The molecule has 2 rings (SSSR count). The molecule has 1 aromatic carbocycles. The molecule has 1 aliphatic rings. The van der Waals surface area contributed by atoms with Crippen molar-refractivity contribution in [3.63, 3.8) is 0 Å². The van der Waals surface area contributed by atoms with Gasteiger partial charge in [0, 0.05) is 19.5 Å². The van der Waals surface area contributed by atoms with Crippen LogP contribution in [-0.2, 0) is 6.54 Å². The number of amidine groups is 1. The monoisotopic (exact) mass is 206 g/mol. The van der Waals surface area contributed by atoms with Gasteiger partial charge in [-0.3, -0.25) is 5.41 Å². The SMILES string of the molecule is CN(Cc1cccc(F)c1)C(=N)C1CC1. The van der Waals surface area contributed by atoms with E-state index < -0.39 is 0 Å². The highest BCUT2D eigenvalue weighted by atomic mass is 19.1. The summed E-state index contributed by atoms with van der Waals surface area (Å²) in [5.41, 5.74) is 0.919. The standard InChI is InChI=1S/C12H15FN2/c1-15(12(14)10-5-6-10)8-9-3-2-4-11(13)7-9/h2-4,7,10,14H,5-6,8H2,1H3. The van der Waals surface area contributed by atoms with E-state index in [1.807, 2.05) is 18.0 Å². The molecule has 0 aliphatic heterocycles. The zero-order valence-electron chi connectivity index (χ0n) is 8.83. The van der Waals surface area contributed by atoms with Gasteiger partial charge in [0.1, 0.15) is 5.82 Å². The molecule has 1 fully saturated rings. The Morgan fingerprint density at radius 1 is 1.53 bits per heavy atom. The van der Waals surface area contributed by atoms with Crippen LogP contribution < -0.4 is 0 Å². The second kappa shape index (κ2) is 4.01. The van der Waals surface area contributed by atoms with Crippen LogP contribution in [-0.4, -0.2) is 17.8 Å².